The van der Waals surface area contributed by atoms with Gasteiger partial charge in [0.25, 0.3) is 5.91 Å². The number of anilines is 1. The van der Waals surface area contributed by atoms with E-state index in [0.717, 1.165) is 61.2 Å². The second-order valence-corrected chi connectivity index (χ2v) is 9.41. The van der Waals surface area contributed by atoms with Crippen LogP contribution in [0.2, 0.25) is 0 Å². The van der Waals surface area contributed by atoms with Gasteiger partial charge in [-0.25, -0.2) is 0 Å². The lowest BCUT2D eigenvalue weighted by Gasteiger charge is -2.50. The van der Waals surface area contributed by atoms with Gasteiger partial charge in [-0.2, -0.15) is 0 Å². The Morgan fingerprint density at radius 1 is 1.16 bits per heavy atom. The lowest BCUT2D eigenvalue weighted by molar-refractivity contribution is -0.937. The highest BCUT2D eigenvalue weighted by Gasteiger charge is 2.51. The Hall–Kier alpha value is -2.37. The predicted molar refractivity (Wildman–Crippen MR) is 123 cm³/mol. The van der Waals surface area contributed by atoms with E-state index in [1.165, 1.54) is 10.5 Å². The standard InChI is InChI=1S/C26H34N2O3/c1-18-7-8-19(2)23(16-18)27-24(29)17-28-15-14-26(30)13-5-4-6-22(26)25(28)20-9-11-21(31-3)12-10-20/h7-12,16,22,25,30H,4-6,13-15,17H2,1-3H3,(H,27,29)/p+1/t22-,25-,26-/m1/s1. The van der Waals surface area contributed by atoms with Crippen LogP contribution in [0.1, 0.15) is 54.8 Å². The van der Waals surface area contributed by atoms with Crippen molar-refractivity contribution >= 4 is 11.6 Å². The van der Waals surface area contributed by atoms with Gasteiger partial charge in [-0.05, 0) is 68.1 Å². The number of piperidine rings is 1. The Kier molecular flexibility index (Phi) is 6.35. The first-order valence-corrected chi connectivity index (χ1v) is 11.5. The Morgan fingerprint density at radius 3 is 2.68 bits per heavy atom. The summed E-state index contributed by atoms with van der Waals surface area (Å²) < 4.78 is 5.34. The molecular formula is C26H35N2O3+. The number of methoxy groups -OCH3 is 1. The van der Waals surface area contributed by atoms with Gasteiger partial charge in [0.1, 0.15) is 11.8 Å². The molecule has 1 amide bonds. The van der Waals surface area contributed by atoms with Crippen molar-refractivity contribution in [1.29, 1.82) is 0 Å². The van der Waals surface area contributed by atoms with Crippen molar-refractivity contribution < 1.29 is 19.5 Å². The normalized spacial score (nSPS) is 27.9. The van der Waals surface area contributed by atoms with Crippen molar-refractivity contribution in [3.63, 3.8) is 0 Å². The molecule has 5 heteroatoms. The van der Waals surface area contributed by atoms with Crippen LogP contribution in [-0.4, -0.2) is 36.8 Å². The zero-order valence-electron chi connectivity index (χ0n) is 18.9. The Bertz CT molecular complexity index is 927. The highest BCUT2D eigenvalue weighted by atomic mass is 16.5. The number of amides is 1. The van der Waals surface area contributed by atoms with E-state index in [1.54, 1.807) is 7.11 Å². The topological polar surface area (TPSA) is 63.0 Å². The van der Waals surface area contributed by atoms with Crippen molar-refractivity contribution in [2.75, 3.05) is 25.5 Å². The maximum Gasteiger partial charge on any atom is 0.279 e. The van der Waals surface area contributed by atoms with Crippen molar-refractivity contribution in [2.45, 2.75) is 57.6 Å². The number of likely N-dealkylation sites (tertiary alicyclic amines) is 1. The number of aryl methyl sites for hydroxylation is 2. The average molecular weight is 424 g/mol. The van der Waals surface area contributed by atoms with Gasteiger partial charge < -0.3 is 20.1 Å². The molecular weight excluding hydrogens is 388 g/mol. The summed E-state index contributed by atoms with van der Waals surface area (Å²) >= 11 is 0. The van der Waals surface area contributed by atoms with E-state index in [1.807, 2.05) is 38.1 Å². The van der Waals surface area contributed by atoms with Crippen LogP contribution in [0.3, 0.4) is 0 Å². The number of fused-ring (bicyclic) bond motifs is 1. The predicted octanol–water partition coefficient (Wildman–Crippen LogP) is 3.20. The van der Waals surface area contributed by atoms with E-state index >= 15 is 0 Å². The van der Waals surface area contributed by atoms with Crippen molar-refractivity contribution in [1.82, 2.24) is 0 Å². The molecule has 1 aliphatic carbocycles. The van der Waals surface area contributed by atoms with Gasteiger partial charge in [0, 0.05) is 23.6 Å². The summed E-state index contributed by atoms with van der Waals surface area (Å²) in [7, 11) is 1.67. The molecule has 31 heavy (non-hydrogen) atoms. The number of aliphatic hydroxyl groups is 1. The SMILES string of the molecule is COc1ccc([C@@H]2[C@H]3CCCC[C@@]3(O)CC[NH+]2CC(=O)Nc2cc(C)ccc2C)cc1. The molecule has 1 saturated carbocycles. The molecule has 0 spiro atoms. The van der Waals surface area contributed by atoms with Gasteiger partial charge in [0.2, 0.25) is 0 Å². The maximum absolute atomic E-state index is 13.0. The fraction of sp³-hybridized carbons (Fsp3) is 0.500. The Balaban J connectivity index is 1.58. The number of quaternary nitrogens is 1. The quantitative estimate of drug-likeness (QED) is 0.692. The molecule has 1 saturated heterocycles. The first-order chi connectivity index (χ1) is 14.9. The van der Waals surface area contributed by atoms with Crippen LogP contribution in [0.4, 0.5) is 5.69 Å². The van der Waals surface area contributed by atoms with Crippen LogP contribution >= 0.6 is 0 Å². The molecule has 1 aliphatic heterocycles. The summed E-state index contributed by atoms with van der Waals surface area (Å²) in [5.41, 5.74) is 3.66. The summed E-state index contributed by atoms with van der Waals surface area (Å²) in [5, 5.41) is 14.6. The van der Waals surface area contributed by atoms with E-state index in [0.29, 0.717) is 6.54 Å². The molecule has 2 aromatic carbocycles. The molecule has 2 aromatic rings. The summed E-state index contributed by atoms with van der Waals surface area (Å²) in [6, 6.07) is 14.4. The summed E-state index contributed by atoms with van der Waals surface area (Å²) in [5.74, 6) is 1.03. The number of carbonyl (C=O) groups is 1. The van der Waals surface area contributed by atoms with E-state index in [2.05, 4.69) is 23.5 Å². The first-order valence-electron chi connectivity index (χ1n) is 11.5. The molecule has 166 valence electrons. The second-order valence-electron chi connectivity index (χ2n) is 9.41. The number of hydrogen-bond acceptors (Lipinski definition) is 3. The second kappa shape index (κ2) is 9.01. The largest absolute Gasteiger partial charge is 0.497 e. The van der Waals surface area contributed by atoms with Crippen LogP contribution in [0.5, 0.6) is 5.75 Å². The molecule has 0 radical (unpaired) electrons. The first kappa shape index (κ1) is 21.8. The molecule has 1 unspecified atom stereocenters. The molecule has 3 N–H and O–H groups in total. The monoisotopic (exact) mass is 423 g/mol. The number of nitrogens with one attached hydrogen (secondary N) is 2. The molecule has 4 atom stereocenters. The summed E-state index contributed by atoms with van der Waals surface area (Å²) in [6.07, 6.45) is 4.87. The van der Waals surface area contributed by atoms with Gasteiger partial charge in [-0.3, -0.25) is 4.79 Å². The number of ether oxygens (including phenoxy) is 1. The zero-order valence-corrected chi connectivity index (χ0v) is 18.9. The minimum atomic E-state index is -0.615. The number of benzene rings is 2. The number of carbonyl (C=O) groups excluding carboxylic acids is 1. The number of rotatable bonds is 5. The summed E-state index contributed by atoms with van der Waals surface area (Å²) in [4.78, 5) is 14.3. The fourth-order valence-corrected chi connectivity index (χ4v) is 5.60. The van der Waals surface area contributed by atoms with Crippen LogP contribution in [0, 0.1) is 19.8 Å². The smallest absolute Gasteiger partial charge is 0.279 e. The molecule has 2 aliphatic rings. The zero-order chi connectivity index (χ0) is 22.0. The molecule has 2 fully saturated rings. The van der Waals surface area contributed by atoms with Gasteiger partial charge in [-0.1, -0.05) is 25.0 Å². The van der Waals surface area contributed by atoms with Gasteiger partial charge >= 0.3 is 0 Å². The van der Waals surface area contributed by atoms with Crippen LogP contribution in [-0.2, 0) is 4.79 Å². The lowest BCUT2D eigenvalue weighted by Crippen LogP contribution is -3.16. The van der Waals surface area contributed by atoms with E-state index in [9.17, 15) is 9.90 Å². The highest BCUT2D eigenvalue weighted by Crippen LogP contribution is 2.44. The van der Waals surface area contributed by atoms with E-state index < -0.39 is 5.60 Å². The molecule has 0 bridgehead atoms. The van der Waals surface area contributed by atoms with Crippen LogP contribution in [0.25, 0.3) is 0 Å². The molecule has 4 rings (SSSR count). The highest BCUT2D eigenvalue weighted by molar-refractivity contribution is 5.92. The molecule has 5 nitrogen and oxygen atoms in total. The maximum atomic E-state index is 13.0. The van der Waals surface area contributed by atoms with Gasteiger partial charge in [0.15, 0.2) is 6.54 Å². The van der Waals surface area contributed by atoms with Crippen molar-refractivity contribution in [3.05, 3.63) is 59.2 Å². The summed E-state index contributed by atoms with van der Waals surface area (Å²) in [6.45, 7) is 5.25. The number of hydrogen-bond donors (Lipinski definition) is 3. The molecule has 0 aromatic heterocycles. The van der Waals surface area contributed by atoms with Gasteiger partial charge in [0.05, 0.1) is 19.3 Å². The third kappa shape index (κ3) is 4.63. The average Bonchev–Trinajstić information content (AvgIpc) is 2.76. The fourth-order valence-electron chi connectivity index (χ4n) is 5.60. The van der Waals surface area contributed by atoms with Crippen molar-refractivity contribution in [3.8, 4) is 5.75 Å². The van der Waals surface area contributed by atoms with Gasteiger partial charge in [-0.15, -0.1) is 0 Å². The third-order valence-electron chi connectivity index (χ3n) is 7.32. The minimum Gasteiger partial charge on any atom is -0.497 e. The Labute approximate surface area is 185 Å². The van der Waals surface area contributed by atoms with Crippen molar-refractivity contribution in [2.24, 2.45) is 5.92 Å². The lowest BCUT2D eigenvalue weighted by atomic mass is 9.66. The van der Waals surface area contributed by atoms with E-state index in [4.69, 9.17) is 4.74 Å². The minimum absolute atomic E-state index is 0.0310. The third-order valence-corrected chi connectivity index (χ3v) is 7.32. The van der Waals surface area contributed by atoms with Crippen LogP contribution < -0.4 is 15.0 Å². The van der Waals surface area contributed by atoms with E-state index in [-0.39, 0.29) is 17.9 Å². The van der Waals surface area contributed by atoms with Crippen LogP contribution in [0.15, 0.2) is 42.5 Å². The Morgan fingerprint density at radius 2 is 1.94 bits per heavy atom. The molecule has 1 heterocycles.